The number of carbonyl (C=O) groups excluding carboxylic acids is 1. The van der Waals surface area contributed by atoms with E-state index in [1.165, 1.54) is 0 Å². The molecule has 14 heavy (non-hydrogen) atoms. The summed E-state index contributed by atoms with van der Waals surface area (Å²) in [5, 5.41) is 0. The number of hydrogen-bond donors (Lipinski definition) is 0. The molecular formula is C11H10O3. The van der Waals surface area contributed by atoms with Crippen LogP contribution in [0.2, 0.25) is 0 Å². The highest BCUT2D eigenvalue weighted by Crippen LogP contribution is 2.07. The lowest BCUT2D eigenvalue weighted by atomic mass is 10.3. The molecule has 0 heterocycles. The Morgan fingerprint density at radius 2 is 2.07 bits per heavy atom. The molecule has 0 unspecified atom stereocenters. The molecule has 1 aromatic carbocycles. The van der Waals surface area contributed by atoms with Crippen LogP contribution in [0.25, 0.3) is 0 Å². The van der Waals surface area contributed by atoms with E-state index < -0.39 is 5.97 Å². The normalized spacial score (nSPS) is 8.79. The summed E-state index contributed by atoms with van der Waals surface area (Å²) in [5.74, 6) is 2.36. The Morgan fingerprint density at radius 3 is 2.71 bits per heavy atom. The maximum absolute atomic E-state index is 10.9. The van der Waals surface area contributed by atoms with Gasteiger partial charge in [-0.05, 0) is 12.1 Å². The van der Waals surface area contributed by atoms with Crippen LogP contribution in [0.4, 0.5) is 0 Å². The molecule has 0 aliphatic heterocycles. The first-order valence-electron chi connectivity index (χ1n) is 4.10. The molecule has 1 aromatic rings. The van der Waals surface area contributed by atoms with Crippen LogP contribution >= 0.6 is 0 Å². The molecular weight excluding hydrogens is 180 g/mol. The average Bonchev–Trinajstić information content (AvgIpc) is 2.25. The summed E-state index contributed by atoms with van der Waals surface area (Å²) in [6, 6.07) is 9.02. The summed E-state index contributed by atoms with van der Waals surface area (Å²) in [7, 11) is 0. The summed E-state index contributed by atoms with van der Waals surface area (Å²) in [6.07, 6.45) is 4.92. The predicted molar refractivity (Wildman–Crippen MR) is 51.7 cm³/mol. The van der Waals surface area contributed by atoms with E-state index in [1.54, 1.807) is 12.1 Å². The Bertz CT molecular complexity index is 324. The highest BCUT2D eigenvalue weighted by Gasteiger charge is 2.02. The fourth-order valence-electron chi connectivity index (χ4n) is 0.823. The quantitative estimate of drug-likeness (QED) is 0.529. The first-order valence-corrected chi connectivity index (χ1v) is 4.10. The summed E-state index contributed by atoms with van der Waals surface area (Å²) in [6.45, 7) is -0.136. The van der Waals surface area contributed by atoms with Crippen LogP contribution in [0.5, 0.6) is 5.75 Å². The van der Waals surface area contributed by atoms with Crippen molar-refractivity contribution in [3.8, 4) is 18.1 Å². The van der Waals surface area contributed by atoms with E-state index >= 15 is 0 Å². The number of carbonyl (C=O) groups is 1. The summed E-state index contributed by atoms with van der Waals surface area (Å²) in [4.78, 5) is 10.9. The lowest BCUT2D eigenvalue weighted by Gasteiger charge is -2.04. The fraction of sp³-hybridized carbons (Fsp3) is 0.182. The Morgan fingerprint density at radius 1 is 1.36 bits per heavy atom. The van der Waals surface area contributed by atoms with E-state index in [0.29, 0.717) is 5.75 Å². The third-order valence-electron chi connectivity index (χ3n) is 1.42. The monoisotopic (exact) mass is 190 g/mol. The highest BCUT2D eigenvalue weighted by atomic mass is 16.6. The van der Waals surface area contributed by atoms with E-state index in [1.807, 2.05) is 18.2 Å². The molecule has 0 atom stereocenters. The van der Waals surface area contributed by atoms with Crippen molar-refractivity contribution in [2.75, 3.05) is 13.2 Å². The number of esters is 1. The second-order valence-corrected chi connectivity index (χ2v) is 2.47. The van der Waals surface area contributed by atoms with Crippen molar-refractivity contribution in [3.63, 3.8) is 0 Å². The van der Waals surface area contributed by atoms with Crippen molar-refractivity contribution >= 4 is 5.97 Å². The molecule has 0 saturated carbocycles. The minimum Gasteiger partial charge on any atom is -0.482 e. The molecule has 0 aliphatic rings. The second-order valence-electron chi connectivity index (χ2n) is 2.47. The van der Waals surface area contributed by atoms with E-state index in [4.69, 9.17) is 11.2 Å². The maximum Gasteiger partial charge on any atom is 0.345 e. The lowest BCUT2D eigenvalue weighted by Crippen LogP contribution is -2.14. The van der Waals surface area contributed by atoms with Gasteiger partial charge >= 0.3 is 5.97 Å². The highest BCUT2D eigenvalue weighted by molar-refractivity contribution is 5.71. The molecule has 72 valence electrons. The van der Waals surface area contributed by atoms with Crippen LogP contribution in [-0.4, -0.2) is 19.2 Å². The molecule has 0 saturated heterocycles. The largest absolute Gasteiger partial charge is 0.482 e. The SMILES string of the molecule is C#CCOC(=O)COc1ccccc1. The van der Waals surface area contributed by atoms with Crippen molar-refractivity contribution < 1.29 is 14.3 Å². The van der Waals surface area contributed by atoms with Gasteiger partial charge in [-0.2, -0.15) is 0 Å². The second kappa shape index (κ2) is 5.65. The summed E-state index contributed by atoms with van der Waals surface area (Å²) >= 11 is 0. The lowest BCUT2D eigenvalue weighted by molar-refractivity contribution is -0.144. The molecule has 0 bridgehead atoms. The summed E-state index contributed by atoms with van der Waals surface area (Å²) in [5.41, 5.74) is 0. The smallest absolute Gasteiger partial charge is 0.345 e. The van der Waals surface area contributed by atoms with Crippen LogP contribution in [-0.2, 0) is 9.53 Å². The molecule has 0 N–H and O–H groups in total. The first-order chi connectivity index (χ1) is 6.83. The topological polar surface area (TPSA) is 35.5 Å². The molecule has 0 amide bonds. The summed E-state index contributed by atoms with van der Waals surface area (Å²) < 4.78 is 9.73. The van der Waals surface area contributed by atoms with E-state index in [9.17, 15) is 4.79 Å². The van der Waals surface area contributed by atoms with Crippen LogP contribution in [0.1, 0.15) is 0 Å². The molecule has 0 aliphatic carbocycles. The average molecular weight is 190 g/mol. The molecule has 0 aromatic heterocycles. The first kappa shape index (κ1) is 10.1. The Balaban J connectivity index is 2.28. The van der Waals surface area contributed by atoms with E-state index in [0.717, 1.165) is 0 Å². The zero-order valence-corrected chi connectivity index (χ0v) is 7.60. The van der Waals surface area contributed by atoms with Crippen molar-refractivity contribution in [1.82, 2.24) is 0 Å². The minimum absolute atomic E-state index is 0.0169. The molecule has 1 rings (SSSR count). The van der Waals surface area contributed by atoms with Crippen LogP contribution in [0.15, 0.2) is 30.3 Å². The van der Waals surface area contributed by atoms with E-state index in [-0.39, 0.29) is 13.2 Å². The number of terminal acetylenes is 1. The van der Waals surface area contributed by atoms with Crippen LogP contribution in [0, 0.1) is 12.3 Å². The van der Waals surface area contributed by atoms with Crippen molar-refractivity contribution in [2.45, 2.75) is 0 Å². The molecule has 0 fully saturated rings. The van der Waals surface area contributed by atoms with Gasteiger partial charge in [0.2, 0.25) is 0 Å². The Hall–Kier alpha value is -1.95. The standard InChI is InChI=1S/C11H10O3/c1-2-8-13-11(12)9-14-10-6-4-3-5-7-10/h1,3-7H,8-9H2. The van der Waals surface area contributed by atoms with Gasteiger partial charge in [0.15, 0.2) is 13.2 Å². The van der Waals surface area contributed by atoms with Gasteiger partial charge in [0.1, 0.15) is 5.75 Å². The molecule has 3 nitrogen and oxygen atoms in total. The third kappa shape index (κ3) is 3.63. The molecule has 3 heteroatoms. The van der Waals surface area contributed by atoms with Gasteiger partial charge in [-0.3, -0.25) is 0 Å². The van der Waals surface area contributed by atoms with Gasteiger partial charge in [0.05, 0.1) is 0 Å². The maximum atomic E-state index is 10.9. The third-order valence-corrected chi connectivity index (χ3v) is 1.42. The number of ether oxygens (including phenoxy) is 2. The van der Waals surface area contributed by atoms with Gasteiger partial charge in [-0.25, -0.2) is 4.79 Å². The Labute approximate surface area is 82.6 Å². The number of para-hydroxylation sites is 1. The number of rotatable bonds is 4. The number of benzene rings is 1. The van der Waals surface area contributed by atoms with Gasteiger partial charge < -0.3 is 9.47 Å². The van der Waals surface area contributed by atoms with Crippen LogP contribution < -0.4 is 4.74 Å². The fourth-order valence-corrected chi connectivity index (χ4v) is 0.823. The van der Waals surface area contributed by atoms with Crippen molar-refractivity contribution in [1.29, 1.82) is 0 Å². The molecule has 0 radical (unpaired) electrons. The van der Waals surface area contributed by atoms with Gasteiger partial charge in [-0.1, -0.05) is 24.1 Å². The van der Waals surface area contributed by atoms with E-state index in [2.05, 4.69) is 10.7 Å². The van der Waals surface area contributed by atoms with Gasteiger partial charge in [0, 0.05) is 0 Å². The zero-order valence-electron chi connectivity index (χ0n) is 7.60. The van der Waals surface area contributed by atoms with Crippen LogP contribution in [0.3, 0.4) is 0 Å². The van der Waals surface area contributed by atoms with Crippen molar-refractivity contribution in [2.24, 2.45) is 0 Å². The molecule has 0 spiro atoms. The zero-order chi connectivity index (χ0) is 10.2. The van der Waals surface area contributed by atoms with Gasteiger partial charge in [-0.15, -0.1) is 6.42 Å². The van der Waals surface area contributed by atoms with Gasteiger partial charge in [0.25, 0.3) is 0 Å². The Kier molecular flexibility index (Phi) is 4.09. The number of hydrogen-bond acceptors (Lipinski definition) is 3. The van der Waals surface area contributed by atoms with Crippen molar-refractivity contribution in [3.05, 3.63) is 30.3 Å². The predicted octanol–water partition coefficient (Wildman–Crippen LogP) is 1.24. The minimum atomic E-state index is -0.466.